The van der Waals surface area contributed by atoms with Gasteiger partial charge in [0.15, 0.2) is 5.76 Å². The fourth-order valence-corrected chi connectivity index (χ4v) is 3.12. The maximum atomic E-state index is 12.9. The predicted octanol–water partition coefficient (Wildman–Crippen LogP) is 5.67. The van der Waals surface area contributed by atoms with Crippen LogP contribution in [0.3, 0.4) is 0 Å². The molecule has 32 heavy (non-hydrogen) atoms. The smallest absolute Gasteiger partial charge is 0.291 e. The first-order valence-electron chi connectivity index (χ1n) is 10.1. The van der Waals surface area contributed by atoms with E-state index in [9.17, 15) is 9.59 Å². The minimum Gasteiger partial charge on any atom is -0.487 e. The quantitative estimate of drug-likeness (QED) is 0.399. The van der Waals surface area contributed by atoms with Crippen LogP contribution >= 0.6 is 0 Å². The van der Waals surface area contributed by atoms with E-state index in [2.05, 4.69) is 10.6 Å². The summed E-state index contributed by atoms with van der Waals surface area (Å²) in [5.41, 5.74) is 3.52. The number of furan rings is 1. The van der Waals surface area contributed by atoms with Crippen LogP contribution in [0.2, 0.25) is 0 Å². The third-order valence-electron chi connectivity index (χ3n) is 4.75. The molecule has 1 aromatic heterocycles. The number of hydrogen-bond acceptors (Lipinski definition) is 4. The Bertz CT molecular complexity index is 1220. The van der Waals surface area contributed by atoms with Gasteiger partial charge in [-0.15, -0.1) is 0 Å². The number of nitrogens with one attached hydrogen (secondary N) is 2. The molecule has 0 spiro atoms. The number of aryl methyl sites for hydroxylation is 1. The van der Waals surface area contributed by atoms with Gasteiger partial charge in [-0.05, 0) is 60.5 Å². The van der Waals surface area contributed by atoms with Gasteiger partial charge in [0.1, 0.15) is 12.4 Å². The topological polar surface area (TPSA) is 80.6 Å². The molecule has 0 radical (unpaired) electrons. The Morgan fingerprint density at radius 1 is 0.844 bits per heavy atom. The second-order valence-electron chi connectivity index (χ2n) is 7.24. The number of benzene rings is 3. The van der Waals surface area contributed by atoms with Crippen LogP contribution in [-0.2, 0) is 6.61 Å². The molecule has 0 saturated carbocycles. The lowest BCUT2D eigenvalue weighted by Gasteiger charge is -2.14. The molecular weight excluding hydrogens is 404 g/mol. The van der Waals surface area contributed by atoms with Gasteiger partial charge in [0.25, 0.3) is 11.8 Å². The molecule has 0 fully saturated rings. The summed E-state index contributed by atoms with van der Waals surface area (Å²) in [7, 11) is 0. The molecule has 2 amide bonds. The molecule has 2 N–H and O–H groups in total. The summed E-state index contributed by atoms with van der Waals surface area (Å²) in [4.78, 5) is 25.1. The van der Waals surface area contributed by atoms with Crippen molar-refractivity contribution in [3.05, 3.63) is 114 Å². The van der Waals surface area contributed by atoms with Crippen molar-refractivity contribution in [2.75, 3.05) is 10.6 Å². The summed E-state index contributed by atoms with van der Waals surface area (Å²) in [5, 5.41) is 5.63. The fourth-order valence-electron chi connectivity index (χ4n) is 3.12. The van der Waals surface area contributed by atoms with E-state index < -0.39 is 0 Å². The zero-order valence-corrected chi connectivity index (χ0v) is 17.5. The Kier molecular flexibility index (Phi) is 6.32. The largest absolute Gasteiger partial charge is 0.487 e. The average molecular weight is 426 g/mol. The van der Waals surface area contributed by atoms with E-state index in [1.54, 1.807) is 36.4 Å². The van der Waals surface area contributed by atoms with Crippen LogP contribution in [0.4, 0.5) is 11.4 Å². The second-order valence-corrected chi connectivity index (χ2v) is 7.24. The molecular formula is C26H22N2O4. The van der Waals surface area contributed by atoms with Crippen molar-refractivity contribution in [2.24, 2.45) is 0 Å². The van der Waals surface area contributed by atoms with Crippen molar-refractivity contribution >= 4 is 23.2 Å². The van der Waals surface area contributed by atoms with Crippen LogP contribution in [0.1, 0.15) is 32.0 Å². The Labute approximate surface area is 185 Å². The predicted molar refractivity (Wildman–Crippen MR) is 123 cm³/mol. The monoisotopic (exact) mass is 426 g/mol. The van der Waals surface area contributed by atoms with Crippen molar-refractivity contribution in [3.63, 3.8) is 0 Å². The number of ether oxygens (including phenoxy) is 1. The highest BCUT2D eigenvalue weighted by atomic mass is 16.5. The Morgan fingerprint density at radius 2 is 1.69 bits per heavy atom. The maximum Gasteiger partial charge on any atom is 0.291 e. The van der Waals surface area contributed by atoms with E-state index in [1.807, 2.05) is 55.5 Å². The number of carbonyl (C=O) groups is 2. The summed E-state index contributed by atoms with van der Waals surface area (Å²) < 4.78 is 11.1. The molecule has 0 aliphatic rings. The van der Waals surface area contributed by atoms with Gasteiger partial charge in [-0.3, -0.25) is 9.59 Å². The molecule has 4 aromatic rings. The summed E-state index contributed by atoms with van der Waals surface area (Å²) in [5.74, 6) is 0.0828. The third kappa shape index (κ3) is 5.23. The first kappa shape index (κ1) is 20.9. The molecule has 1 heterocycles. The van der Waals surface area contributed by atoms with Gasteiger partial charge < -0.3 is 19.8 Å². The lowest BCUT2D eigenvalue weighted by Crippen LogP contribution is -2.15. The van der Waals surface area contributed by atoms with Crippen LogP contribution in [0.15, 0.2) is 95.6 Å². The second kappa shape index (κ2) is 9.66. The van der Waals surface area contributed by atoms with Gasteiger partial charge in [-0.2, -0.15) is 0 Å². The van der Waals surface area contributed by atoms with Crippen LogP contribution < -0.4 is 15.4 Å². The van der Waals surface area contributed by atoms with Gasteiger partial charge in [-0.25, -0.2) is 0 Å². The summed E-state index contributed by atoms with van der Waals surface area (Å²) >= 11 is 0. The summed E-state index contributed by atoms with van der Waals surface area (Å²) in [6, 6.07) is 25.3. The highest BCUT2D eigenvalue weighted by molar-refractivity contribution is 6.07. The Hall–Kier alpha value is -4.32. The SMILES string of the molecule is Cc1ccc(NC(=O)c2cccc(NC(=O)c3ccco3)c2)c(OCc2ccccc2)c1. The molecule has 0 saturated heterocycles. The molecule has 0 aliphatic carbocycles. The molecule has 160 valence electrons. The molecule has 0 bridgehead atoms. The number of amides is 2. The molecule has 3 aromatic carbocycles. The highest BCUT2D eigenvalue weighted by Gasteiger charge is 2.13. The van der Waals surface area contributed by atoms with Crippen molar-refractivity contribution in [1.82, 2.24) is 0 Å². The van der Waals surface area contributed by atoms with Crippen molar-refractivity contribution in [2.45, 2.75) is 13.5 Å². The van der Waals surface area contributed by atoms with Crippen molar-refractivity contribution in [1.29, 1.82) is 0 Å². The van der Waals surface area contributed by atoms with Gasteiger partial charge in [0.2, 0.25) is 0 Å². The van der Waals surface area contributed by atoms with Crippen LogP contribution in [0.5, 0.6) is 5.75 Å². The number of hydrogen-bond donors (Lipinski definition) is 2. The minimum absolute atomic E-state index is 0.194. The zero-order chi connectivity index (χ0) is 22.3. The lowest BCUT2D eigenvalue weighted by molar-refractivity contribution is 0.0993. The Morgan fingerprint density at radius 3 is 2.47 bits per heavy atom. The van der Waals surface area contributed by atoms with E-state index in [0.29, 0.717) is 29.3 Å². The van der Waals surface area contributed by atoms with E-state index in [-0.39, 0.29) is 17.6 Å². The fraction of sp³-hybridized carbons (Fsp3) is 0.0769. The average Bonchev–Trinajstić information content (AvgIpc) is 3.35. The normalized spacial score (nSPS) is 10.4. The number of carbonyl (C=O) groups excluding carboxylic acids is 2. The molecule has 6 nitrogen and oxygen atoms in total. The van der Waals surface area contributed by atoms with Crippen LogP contribution in [-0.4, -0.2) is 11.8 Å². The lowest BCUT2D eigenvalue weighted by atomic mass is 10.1. The van der Waals surface area contributed by atoms with E-state index in [1.165, 1.54) is 6.26 Å². The summed E-state index contributed by atoms with van der Waals surface area (Å²) in [6.45, 7) is 2.35. The minimum atomic E-state index is -0.386. The maximum absolute atomic E-state index is 12.9. The van der Waals surface area contributed by atoms with Gasteiger partial charge >= 0.3 is 0 Å². The van der Waals surface area contributed by atoms with Crippen LogP contribution in [0, 0.1) is 6.92 Å². The van der Waals surface area contributed by atoms with E-state index in [0.717, 1.165) is 11.1 Å². The molecule has 4 rings (SSSR count). The van der Waals surface area contributed by atoms with E-state index >= 15 is 0 Å². The molecule has 6 heteroatoms. The van der Waals surface area contributed by atoms with Gasteiger partial charge in [-0.1, -0.05) is 42.5 Å². The number of rotatable bonds is 7. The third-order valence-corrected chi connectivity index (χ3v) is 4.75. The summed E-state index contributed by atoms with van der Waals surface area (Å²) in [6.07, 6.45) is 1.43. The molecule has 0 atom stereocenters. The van der Waals surface area contributed by atoms with E-state index in [4.69, 9.17) is 9.15 Å². The zero-order valence-electron chi connectivity index (χ0n) is 17.5. The number of anilines is 2. The standard InChI is InChI=1S/C26H22N2O4/c1-18-12-13-22(24(15-18)32-17-19-7-3-2-4-8-19)28-25(29)20-9-5-10-21(16-20)27-26(30)23-11-6-14-31-23/h2-16H,17H2,1H3,(H,27,30)(H,28,29). The Balaban J connectivity index is 1.47. The van der Waals surface area contributed by atoms with Crippen molar-refractivity contribution < 1.29 is 18.7 Å². The van der Waals surface area contributed by atoms with Crippen molar-refractivity contribution in [3.8, 4) is 5.75 Å². The molecule has 0 aliphatic heterocycles. The first-order chi connectivity index (χ1) is 15.6. The van der Waals surface area contributed by atoms with Gasteiger partial charge in [0.05, 0.1) is 12.0 Å². The highest BCUT2D eigenvalue weighted by Crippen LogP contribution is 2.27. The van der Waals surface area contributed by atoms with Gasteiger partial charge in [0, 0.05) is 11.3 Å². The van der Waals surface area contributed by atoms with Crippen LogP contribution in [0.25, 0.3) is 0 Å². The molecule has 0 unspecified atom stereocenters. The first-order valence-corrected chi connectivity index (χ1v) is 10.1.